The summed E-state index contributed by atoms with van der Waals surface area (Å²) in [6.07, 6.45) is 0.343. The van der Waals surface area contributed by atoms with Crippen LogP contribution in [0.1, 0.15) is 15.9 Å². The summed E-state index contributed by atoms with van der Waals surface area (Å²) < 4.78 is 5.58. The van der Waals surface area contributed by atoms with Crippen molar-refractivity contribution in [2.75, 3.05) is 5.73 Å². The molecule has 0 radical (unpaired) electrons. The van der Waals surface area contributed by atoms with Crippen LogP contribution < -0.4 is 10.5 Å². The van der Waals surface area contributed by atoms with Crippen LogP contribution in [0.5, 0.6) is 11.5 Å². The van der Waals surface area contributed by atoms with Crippen molar-refractivity contribution in [2.45, 2.75) is 6.42 Å². The van der Waals surface area contributed by atoms with E-state index in [0.29, 0.717) is 17.9 Å². The lowest BCUT2D eigenvalue weighted by Crippen LogP contribution is -1.99. The Morgan fingerprint density at radius 3 is 2.50 bits per heavy atom. The third kappa shape index (κ3) is 3.06. The number of aromatic carboxylic acids is 1. The van der Waals surface area contributed by atoms with Gasteiger partial charge < -0.3 is 15.6 Å². The van der Waals surface area contributed by atoms with E-state index in [9.17, 15) is 4.79 Å². The van der Waals surface area contributed by atoms with Crippen molar-refractivity contribution in [1.29, 1.82) is 5.26 Å². The first-order chi connectivity index (χ1) is 9.60. The summed E-state index contributed by atoms with van der Waals surface area (Å²) in [4.78, 5) is 10.8. The first-order valence-corrected chi connectivity index (χ1v) is 5.86. The summed E-state index contributed by atoms with van der Waals surface area (Å²) in [5, 5.41) is 17.4. The van der Waals surface area contributed by atoms with Crippen LogP contribution in [0.4, 0.5) is 5.69 Å². The largest absolute Gasteiger partial charge is 0.478 e. The van der Waals surface area contributed by atoms with E-state index in [0.717, 1.165) is 5.56 Å². The molecule has 5 heteroatoms. The monoisotopic (exact) mass is 268 g/mol. The van der Waals surface area contributed by atoms with Crippen LogP contribution in [-0.2, 0) is 6.42 Å². The zero-order valence-corrected chi connectivity index (χ0v) is 10.5. The normalized spacial score (nSPS) is 9.75. The Bertz CT molecular complexity index is 673. The number of nitrogen functional groups attached to an aromatic ring is 1. The SMILES string of the molecule is N#CCc1ccc(Oc2ccc(C(=O)O)cc2N)cc1. The van der Waals surface area contributed by atoms with Crippen molar-refractivity contribution in [3.63, 3.8) is 0 Å². The average Bonchev–Trinajstić information content (AvgIpc) is 2.43. The molecule has 0 aliphatic carbocycles. The van der Waals surface area contributed by atoms with Gasteiger partial charge in [0, 0.05) is 0 Å². The molecule has 0 unspecified atom stereocenters. The molecule has 2 aromatic rings. The van der Waals surface area contributed by atoms with Gasteiger partial charge in [-0.15, -0.1) is 0 Å². The molecule has 2 rings (SSSR count). The lowest BCUT2D eigenvalue weighted by molar-refractivity contribution is 0.0697. The van der Waals surface area contributed by atoms with E-state index in [1.165, 1.54) is 18.2 Å². The summed E-state index contributed by atoms with van der Waals surface area (Å²) in [5.74, 6) is -0.0754. The number of nitriles is 1. The van der Waals surface area contributed by atoms with Gasteiger partial charge >= 0.3 is 5.97 Å². The van der Waals surface area contributed by atoms with Crippen molar-refractivity contribution < 1.29 is 14.6 Å². The molecule has 3 N–H and O–H groups in total. The molecule has 0 aliphatic rings. The Morgan fingerprint density at radius 1 is 1.25 bits per heavy atom. The van der Waals surface area contributed by atoms with E-state index in [4.69, 9.17) is 20.8 Å². The van der Waals surface area contributed by atoms with E-state index >= 15 is 0 Å². The van der Waals surface area contributed by atoms with Gasteiger partial charge in [-0.3, -0.25) is 0 Å². The molecule has 0 aliphatic heterocycles. The van der Waals surface area contributed by atoms with Crippen molar-refractivity contribution in [3.8, 4) is 17.6 Å². The van der Waals surface area contributed by atoms with Crippen LogP contribution in [-0.4, -0.2) is 11.1 Å². The van der Waals surface area contributed by atoms with Crippen molar-refractivity contribution >= 4 is 11.7 Å². The fourth-order valence-corrected chi connectivity index (χ4v) is 1.67. The second kappa shape index (κ2) is 5.76. The zero-order valence-electron chi connectivity index (χ0n) is 10.5. The number of carboxylic acid groups (broad SMARTS) is 1. The Morgan fingerprint density at radius 2 is 1.95 bits per heavy atom. The molecule has 0 spiro atoms. The first kappa shape index (κ1) is 13.4. The Kier molecular flexibility index (Phi) is 3.87. The van der Waals surface area contributed by atoms with E-state index in [1.807, 2.05) is 0 Å². The second-order valence-corrected chi connectivity index (χ2v) is 4.14. The summed E-state index contributed by atoms with van der Waals surface area (Å²) in [6, 6.07) is 13.4. The summed E-state index contributed by atoms with van der Waals surface area (Å²) >= 11 is 0. The maximum atomic E-state index is 10.8. The summed E-state index contributed by atoms with van der Waals surface area (Å²) in [7, 11) is 0. The standard InChI is InChI=1S/C15H12N2O3/c16-8-7-10-1-4-12(5-2-10)20-14-6-3-11(15(18)19)9-13(14)17/h1-6,9H,7,17H2,(H,18,19). The second-order valence-electron chi connectivity index (χ2n) is 4.14. The minimum absolute atomic E-state index is 0.110. The van der Waals surface area contributed by atoms with Crippen LogP contribution in [0, 0.1) is 11.3 Å². The molecule has 0 bridgehead atoms. The van der Waals surface area contributed by atoms with Gasteiger partial charge in [0.1, 0.15) is 11.5 Å². The van der Waals surface area contributed by atoms with Crippen molar-refractivity contribution in [3.05, 3.63) is 53.6 Å². The predicted molar refractivity (Wildman–Crippen MR) is 73.6 cm³/mol. The number of nitrogens with two attached hydrogens (primary N) is 1. The molecule has 0 aromatic heterocycles. The molecular formula is C15H12N2O3. The Labute approximate surface area is 115 Å². The van der Waals surface area contributed by atoms with Gasteiger partial charge in [-0.25, -0.2) is 4.79 Å². The molecule has 0 saturated carbocycles. The summed E-state index contributed by atoms with van der Waals surface area (Å²) in [5.41, 5.74) is 7.02. The fraction of sp³-hybridized carbons (Fsp3) is 0.0667. The molecule has 0 heterocycles. The van der Waals surface area contributed by atoms with Crippen molar-refractivity contribution in [2.24, 2.45) is 0 Å². The highest BCUT2D eigenvalue weighted by Crippen LogP contribution is 2.28. The van der Waals surface area contributed by atoms with Gasteiger partial charge in [0.2, 0.25) is 0 Å². The van der Waals surface area contributed by atoms with E-state index in [-0.39, 0.29) is 11.3 Å². The third-order valence-electron chi connectivity index (χ3n) is 2.69. The van der Waals surface area contributed by atoms with Gasteiger partial charge in [0.15, 0.2) is 0 Å². The number of ether oxygens (including phenoxy) is 1. The van der Waals surface area contributed by atoms with Gasteiger partial charge in [-0.2, -0.15) is 5.26 Å². The number of benzene rings is 2. The van der Waals surface area contributed by atoms with Crippen molar-refractivity contribution in [1.82, 2.24) is 0 Å². The van der Waals surface area contributed by atoms with Crippen LogP contribution in [0.25, 0.3) is 0 Å². The molecule has 0 amide bonds. The van der Waals surface area contributed by atoms with E-state index in [2.05, 4.69) is 6.07 Å². The highest BCUT2D eigenvalue weighted by atomic mass is 16.5. The number of hydrogen-bond donors (Lipinski definition) is 2. The molecule has 0 saturated heterocycles. The van der Waals surface area contributed by atoms with Crippen LogP contribution in [0.2, 0.25) is 0 Å². The Hall–Kier alpha value is -3.00. The van der Waals surface area contributed by atoms with Gasteiger partial charge in [-0.05, 0) is 35.9 Å². The number of rotatable bonds is 4. The Balaban J connectivity index is 2.17. The lowest BCUT2D eigenvalue weighted by Gasteiger charge is -2.09. The number of anilines is 1. The molecule has 2 aromatic carbocycles. The van der Waals surface area contributed by atoms with Crippen LogP contribution >= 0.6 is 0 Å². The number of nitrogens with zero attached hydrogens (tertiary/aromatic N) is 1. The molecular weight excluding hydrogens is 256 g/mol. The molecule has 0 fully saturated rings. The molecule has 20 heavy (non-hydrogen) atoms. The quantitative estimate of drug-likeness (QED) is 0.831. The highest BCUT2D eigenvalue weighted by Gasteiger charge is 2.08. The average molecular weight is 268 g/mol. The number of hydrogen-bond acceptors (Lipinski definition) is 4. The fourth-order valence-electron chi connectivity index (χ4n) is 1.67. The van der Waals surface area contributed by atoms with E-state index in [1.54, 1.807) is 24.3 Å². The minimum Gasteiger partial charge on any atom is -0.478 e. The summed E-state index contributed by atoms with van der Waals surface area (Å²) in [6.45, 7) is 0. The van der Waals surface area contributed by atoms with Gasteiger partial charge in [0.25, 0.3) is 0 Å². The molecule has 5 nitrogen and oxygen atoms in total. The molecule has 100 valence electrons. The third-order valence-corrected chi connectivity index (χ3v) is 2.69. The number of carbonyl (C=O) groups is 1. The highest BCUT2D eigenvalue weighted by molar-refractivity contribution is 5.89. The van der Waals surface area contributed by atoms with Crippen LogP contribution in [0.15, 0.2) is 42.5 Å². The number of carboxylic acids is 1. The minimum atomic E-state index is -1.04. The lowest BCUT2D eigenvalue weighted by atomic mass is 10.1. The topological polar surface area (TPSA) is 96.3 Å². The molecule has 0 atom stereocenters. The first-order valence-electron chi connectivity index (χ1n) is 5.86. The maximum absolute atomic E-state index is 10.8. The van der Waals surface area contributed by atoms with Gasteiger partial charge in [-0.1, -0.05) is 12.1 Å². The zero-order chi connectivity index (χ0) is 14.5. The van der Waals surface area contributed by atoms with Crippen LogP contribution in [0.3, 0.4) is 0 Å². The smallest absolute Gasteiger partial charge is 0.335 e. The van der Waals surface area contributed by atoms with Gasteiger partial charge in [0.05, 0.1) is 23.7 Å². The predicted octanol–water partition coefficient (Wildman–Crippen LogP) is 2.83. The maximum Gasteiger partial charge on any atom is 0.335 e. The van der Waals surface area contributed by atoms with E-state index < -0.39 is 5.97 Å².